The van der Waals surface area contributed by atoms with Crippen LogP contribution in [0, 0.1) is 0 Å². The first-order chi connectivity index (χ1) is 13.3. The molecule has 0 saturated carbocycles. The van der Waals surface area contributed by atoms with Crippen LogP contribution in [-0.2, 0) is 28.7 Å². The van der Waals surface area contributed by atoms with Crippen LogP contribution in [0.15, 0.2) is 18.3 Å². The highest BCUT2D eigenvalue weighted by molar-refractivity contribution is 6.62. The molecule has 6 heteroatoms. The van der Waals surface area contributed by atoms with Crippen molar-refractivity contribution in [3.63, 3.8) is 0 Å². The zero-order valence-electron chi connectivity index (χ0n) is 17.8. The first-order valence-corrected chi connectivity index (χ1v) is 10.6. The van der Waals surface area contributed by atoms with Gasteiger partial charge in [0.25, 0.3) is 0 Å². The standard InChI is InChI=1S/C22H32BN3O2/c1-6-12-24-14-20-25-13-19(26-20)17-10-11-18(16-9-7-8-15(16)17)23-27-21(2,3)22(4,5)28-23/h10-11,13,24H,6-9,12,14H2,1-5H3,(H,25,26). The van der Waals surface area contributed by atoms with Gasteiger partial charge in [0.15, 0.2) is 0 Å². The summed E-state index contributed by atoms with van der Waals surface area (Å²) in [6.45, 7) is 12.4. The molecule has 5 nitrogen and oxygen atoms in total. The van der Waals surface area contributed by atoms with Crippen LogP contribution in [0.3, 0.4) is 0 Å². The largest absolute Gasteiger partial charge is 0.495 e. The predicted octanol–water partition coefficient (Wildman–Crippen LogP) is 3.36. The van der Waals surface area contributed by atoms with E-state index in [1.807, 2.05) is 6.20 Å². The van der Waals surface area contributed by atoms with Crippen molar-refractivity contribution in [1.29, 1.82) is 0 Å². The van der Waals surface area contributed by atoms with Gasteiger partial charge in [-0.2, -0.15) is 0 Å². The van der Waals surface area contributed by atoms with Gasteiger partial charge in [-0.25, -0.2) is 4.98 Å². The van der Waals surface area contributed by atoms with E-state index in [9.17, 15) is 0 Å². The number of benzene rings is 1. The molecule has 1 fully saturated rings. The second-order valence-electron chi connectivity index (χ2n) is 9.02. The van der Waals surface area contributed by atoms with Crippen LogP contribution in [0.1, 0.15) is 64.4 Å². The van der Waals surface area contributed by atoms with E-state index in [0.29, 0.717) is 0 Å². The summed E-state index contributed by atoms with van der Waals surface area (Å²) in [4.78, 5) is 8.06. The molecule has 0 spiro atoms. The van der Waals surface area contributed by atoms with Gasteiger partial charge >= 0.3 is 7.12 Å². The molecule has 0 unspecified atom stereocenters. The highest BCUT2D eigenvalue weighted by Gasteiger charge is 2.52. The summed E-state index contributed by atoms with van der Waals surface area (Å²) < 4.78 is 12.7. The first kappa shape index (κ1) is 19.7. The molecule has 1 saturated heterocycles. The fourth-order valence-electron chi connectivity index (χ4n) is 4.15. The van der Waals surface area contributed by atoms with E-state index >= 15 is 0 Å². The predicted molar refractivity (Wildman–Crippen MR) is 114 cm³/mol. The van der Waals surface area contributed by atoms with Crippen LogP contribution in [0.4, 0.5) is 0 Å². The van der Waals surface area contributed by atoms with Gasteiger partial charge < -0.3 is 19.6 Å². The zero-order valence-corrected chi connectivity index (χ0v) is 17.8. The number of nitrogens with zero attached hydrogens (tertiary/aromatic N) is 1. The smallest absolute Gasteiger partial charge is 0.399 e. The summed E-state index contributed by atoms with van der Waals surface area (Å²) in [5.41, 5.74) is 5.75. The zero-order chi connectivity index (χ0) is 19.9. The summed E-state index contributed by atoms with van der Waals surface area (Å²) in [5.74, 6) is 0.991. The second kappa shape index (κ2) is 7.32. The number of imidazole rings is 1. The number of hydrogen-bond acceptors (Lipinski definition) is 4. The number of nitrogens with one attached hydrogen (secondary N) is 2. The lowest BCUT2D eigenvalue weighted by Gasteiger charge is -2.32. The number of aromatic nitrogens is 2. The Bertz CT molecular complexity index is 843. The highest BCUT2D eigenvalue weighted by atomic mass is 16.7. The summed E-state index contributed by atoms with van der Waals surface area (Å²) in [6, 6.07) is 4.40. The highest BCUT2D eigenvalue weighted by Crippen LogP contribution is 2.38. The van der Waals surface area contributed by atoms with Crippen molar-refractivity contribution in [2.45, 2.75) is 78.0 Å². The number of hydrogen-bond donors (Lipinski definition) is 2. The Balaban J connectivity index is 1.62. The van der Waals surface area contributed by atoms with Gasteiger partial charge in [-0.05, 0) is 76.5 Å². The third kappa shape index (κ3) is 3.42. The molecular formula is C22H32BN3O2. The Hall–Kier alpha value is -1.63. The van der Waals surface area contributed by atoms with Crippen molar-refractivity contribution in [3.8, 4) is 11.3 Å². The molecule has 150 valence electrons. The molecule has 0 bridgehead atoms. The van der Waals surface area contributed by atoms with Crippen LogP contribution in [0.2, 0.25) is 0 Å². The minimum Gasteiger partial charge on any atom is -0.399 e. The lowest BCUT2D eigenvalue weighted by molar-refractivity contribution is 0.00578. The maximum absolute atomic E-state index is 6.33. The normalized spacial score (nSPS) is 20.0. The van der Waals surface area contributed by atoms with Gasteiger partial charge in [-0.1, -0.05) is 19.1 Å². The number of rotatable bonds is 6. The Morgan fingerprint density at radius 1 is 1.11 bits per heavy atom. The maximum atomic E-state index is 6.33. The molecule has 28 heavy (non-hydrogen) atoms. The monoisotopic (exact) mass is 381 g/mol. The molecule has 0 amide bonds. The minimum atomic E-state index is -0.314. The average Bonchev–Trinajstić information content (AvgIpc) is 3.33. The van der Waals surface area contributed by atoms with Crippen molar-refractivity contribution in [2.24, 2.45) is 0 Å². The van der Waals surface area contributed by atoms with Gasteiger partial charge in [0.1, 0.15) is 5.82 Å². The maximum Gasteiger partial charge on any atom is 0.495 e. The Kier molecular flexibility index (Phi) is 5.15. The van der Waals surface area contributed by atoms with E-state index in [1.54, 1.807) is 0 Å². The third-order valence-corrected chi connectivity index (χ3v) is 6.47. The molecule has 2 heterocycles. The van der Waals surface area contributed by atoms with Crippen molar-refractivity contribution in [2.75, 3.05) is 6.54 Å². The van der Waals surface area contributed by atoms with Crippen molar-refractivity contribution < 1.29 is 9.31 Å². The summed E-state index contributed by atoms with van der Waals surface area (Å²) in [7, 11) is -0.290. The lowest BCUT2D eigenvalue weighted by atomic mass is 9.74. The minimum absolute atomic E-state index is 0.290. The van der Waals surface area contributed by atoms with E-state index < -0.39 is 0 Å². The molecule has 2 aliphatic rings. The van der Waals surface area contributed by atoms with Crippen LogP contribution < -0.4 is 10.8 Å². The number of aromatic amines is 1. The summed E-state index contributed by atoms with van der Waals surface area (Å²) in [5, 5.41) is 3.40. The van der Waals surface area contributed by atoms with Gasteiger partial charge in [-0.15, -0.1) is 0 Å². The van der Waals surface area contributed by atoms with E-state index in [0.717, 1.165) is 43.9 Å². The Labute approximate surface area is 168 Å². The number of H-pyrrole nitrogens is 1. The van der Waals surface area contributed by atoms with Crippen LogP contribution >= 0.6 is 0 Å². The van der Waals surface area contributed by atoms with Gasteiger partial charge in [-0.3, -0.25) is 0 Å². The Morgan fingerprint density at radius 2 is 1.82 bits per heavy atom. The van der Waals surface area contributed by atoms with E-state index in [2.05, 4.69) is 62.0 Å². The van der Waals surface area contributed by atoms with Gasteiger partial charge in [0.05, 0.1) is 29.6 Å². The summed E-state index contributed by atoms with van der Waals surface area (Å²) >= 11 is 0. The summed E-state index contributed by atoms with van der Waals surface area (Å²) in [6.07, 6.45) is 6.45. The molecule has 2 N–H and O–H groups in total. The van der Waals surface area contributed by atoms with Crippen molar-refractivity contribution >= 4 is 12.6 Å². The molecule has 0 radical (unpaired) electrons. The molecule has 1 aliphatic heterocycles. The van der Waals surface area contributed by atoms with Gasteiger partial charge in [0.2, 0.25) is 0 Å². The molecule has 1 aromatic heterocycles. The topological polar surface area (TPSA) is 59.2 Å². The Morgan fingerprint density at radius 3 is 2.54 bits per heavy atom. The quantitative estimate of drug-likeness (QED) is 0.595. The van der Waals surface area contributed by atoms with Crippen molar-refractivity contribution in [1.82, 2.24) is 15.3 Å². The first-order valence-electron chi connectivity index (χ1n) is 10.6. The molecule has 2 aromatic rings. The number of fused-ring (bicyclic) bond motifs is 1. The SMILES string of the molecule is CCCNCc1ncc(-c2ccc(B3OC(C)(C)C(C)(C)O3)c3c2CCC3)[nH]1. The van der Waals surface area contributed by atoms with Crippen molar-refractivity contribution in [3.05, 3.63) is 35.3 Å². The fraction of sp³-hybridized carbons (Fsp3) is 0.591. The molecular weight excluding hydrogens is 349 g/mol. The molecule has 1 aliphatic carbocycles. The van der Waals surface area contributed by atoms with E-state index in [4.69, 9.17) is 9.31 Å². The van der Waals surface area contributed by atoms with Crippen LogP contribution in [0.5, 0.6) is 0 Å². The van der Waals surface area contributed by atoms with Crippen LogP contribution in [-0.4, -0.2) is 34.8 Å². The van der Waals surface area contributed by atoms with E-state index in [1.165, 1.54) is 28.6 Å². The molecule has 1 aromatic carbocycles. The molecule has 0 atom stereocenters. The second-order valence-corrected chi connectivity index (χ2v) is 9.02. The van der Waals surface area contributed by atoms with E-state index in [-0.39, 0.29) is 18.3 Å². The average molecular weight is 381 g/mol. The lowest BCUT2D eigenvalue weighted by Crippen LogP contribution is -2.41. The van der Waals surface area contributed by atoms with Gasteiger partial charge in [0, 0.05) is 5.56 Å². The fourth-order valence-corrected chi connectivity index (χ4v) is 4.15. The van der Waals surface area contributed by atoms with Crippen LogP contribution in [0.25, 0.3) is 11.3 Å². The third-order valence-electron chi connectivity index (χ3n) is 6.47. The molecule has 4 rings (SSSR count).